The van der Waals surface area contributed by atoms with Crippen LogP contribution in [0.3, 0.4) is 0 Å². The molecule has 3 saturated heterocycles. The number of aliphatic hydroxyl groups is 1. The summed E-state index contributed by atoms with van der Waals surface area (Å²) < 4.78 is 22.0. The van der Waals surface area contributed by atoms with Crippen molar-refractivity contribution in [2.45, 2.75) is 19.0 Å². The standard InChI is InChI=1S/C16H20O5/c1-15-9-19-16(20-10-15,21-11-15)8-7-14(17)12-3-5-13(18-2)6-4-12/h3-8,14,17H,9-11H2,1-2H3/b8-7+. The van der Waals surface area contributed by atoms with Crippen molar-refractivity contribution in [3.63, 3.8) is 0 Å². The Kier molecular flexibility index (Phi) is 3.75. The third-order valence-corrected chi connectivity index (χ3v) is 3.81. The molecule has 114 valence electrons. The van der Waals surface area contributed by atoms with Gasteiger partial charge in [-0.25, -0.2) is 0 Å². The van der Waals surface area contributed by atoms with Crippen LogP contribution in [0, 0.1) is 5.41 Å². The number of benzene rings is 1. The van der Waals surface area contributed by atoms with E-state index in [-0.39, 0.29) is 5.41 Å². The molecule has 0 saturated carbocycles. The van der Waals surface area contributed by atoms with E-state index in [1.807, 2.05) is 12.1 Å². The number of hydrogen-bond acceptors (Lipinski definition) is 5. The van der Waals surface area contributed by atoms with Gasteiger partial charge in [0.25, 0.3) is 0 Å². The number of hydrogen-bond donors (Lipinski definition) is 1. The van der Waals surface area contributed by atoms with E-state index in [0.717, 1.165) is 11.3 Å². The summed E-state index contributed by atoms with van der Waals surface area (Å²) in [7, 11) is 1.61. The van der Waals surface area contributed by atoms with Gasteiger partial charge < -0.3 is 24.1 Å². The number of methoxy groups -OCH3 is 1. The van der Waals surface area contributed by atoms with Crippen LogP contribution in [-0.2, 0) is 14.2 Å². The van der Waals surface area contributed by atoms with E-state index in [1.54, 1.807) is 31.4 Å². The van der Waals surface area contributed by atoms with Gasteiger partial charge in [-0.2, -0.15) is 0 Å². The molecule has 2 bridgehead atoms. The molecule has 3 heterocycles. The molecular weight excluding hydrogens is 272 g/mol. The van der Waals surface area contributed by atoms with Crippen LogP contribution in [-0.4, -0.2) is 38.0 Å². The summed E-state index contributed by atoms with van der Waals surface area (Å²) in [5, 5.41) is 10.2. The second-order valence-electron chi connectivity index (χ2n) is 5.86. The molecule has 3 aliphatic rings. The lowest BCUT2D eigenvalue weighted by atomic mass is 9.92. The number of aliphatic hydroxyl groups excluding tert-OH is 1. The zero-order valence-electron chi connectivity index (χ0n) is 12.2. The summed E-state index contributed by atoms with van der Waals surface area (Å²) >= 11 is 0. The minimum Gasteiger partial charge on any atom is -0.497 e. The van der Waals surface area contributed by atoms with Crippen molar-refractivity contribution >= 4 is 0 Å². The normalized spacial score (nSPS) is 33.3. The highest BCUT2D eigenvalue weighted by Crippen LogP contribution is 2.39. The van der Waals surface area contributed by atoms with Crippen LogP contribution in [0.5, 0.6) is 5.75 Å². The molecule has 1 unspecified atom stereocenters. The fourth-order valence-electron chi connectivity index (χ4n) is 2.34. The molecule has 0 spiro atoms. The van der Waals surface area contributed by atoms with Gasteiger partial charge in [-0.05, 0) is 23.8 Å². The number of rotatable bonds is 4. The average molecular weight is 292 g/mol. The van der Waals surface area contributed by atoms with E-state index in [4.69, 9.17) is 18.9 Å². The van der Waals surface area contributed by atoms with Crippen molar-refractivity contribution in [3.05, 3.63) is 42.0 Å². The minimum atomic E-state index is -1.15. The van der Waals surface area contributed by atoms with Crippen molar-refractivity contribution in [1.29, 1.82) is 0 Å². The van der Waals surface area contributed by atoms with Crippen molar-refractivity contribution in [3.8, 4) is 5.75 Å². The first-order chi connectivity index (χ1) is 10.0. The molecule has 0 amide bonds. The molecule has 5 nitrogen and oxygen atoms in total. The van der Waals surface area contributed by atoms with Crippen molar-refractivity contribution in [2.75, 3.05) is 26.9 Å². The Balaban J connectivity index is 1.67. The Morgan fingerprint density at radius 1 is 1.14 bits per heavy atom. The Hall–Kier alpha value is -1.40. The zero-order chi connectivity index (χ0) is 14.9. The van der Waals surface area contributed by atoms with Crippen LogP contribution in [0.2, 0.25) is 0 Å². The van der Waals surface area contributed by atoms with E-state index in [1.165, 1.54) is 0 Å². The molecule has 0 aromatic heterocycles. The summed E-state index contributed by atoms with van der Waals surface area (Å²) in [6, 6.07) is 7.24. The SMILES string of the molecule is COc1ccc(C(O)/C=C/C23OCC(C)(CO2)CO3)cc1. The molecular formula is C16H20O5. The fourth-order valence-corrected chi connectivity index (χ4v) is 2.34. The van der Waals surface area contributed by atoms with Crippen LogP contribution in [0.4, 0.5) is 0 Å². The fraction of sp³-hybridized carbons (Fsp3) is 0.500. The average Bonchev–Trinajstić information content (AvgIpc) is 2.54. The number of fused-ring (bicyclic) bond motifs is 3. The molecule has 1 aromatic carbocycles. The van der Waals surface area contributed by atoms with Crippen LogP contribution in [0.25, 0.3) is 0 Å². The van der Waals surface area contributed by atoms with Gasteiger partial charge in [-0.3, -0.25) is 0 Å². The molecule has 21 heavy (non-hydrogen) atoms. The second kappa shape index (κ2) is 5.42. The minimum absolute atomic E-state index is 0.0653. The van der Waals surface area contributed by atoms with Crippen LogP contribution >= 0.6 is 0 Å². The second-order valence-corrected chi connectivity index (χ2v) is 5.86. The maximum Gasteiger partial charge on any atom is 0.304 e. The number of ether oxygens (including phenoxy) is 4. The van der Waals surface area contributed by atoms with Gasteiger partial charge >= 0.3 is 5.97 Å². The molecule has 3 aliphatic heterocycles. The maximum atomic E-state index is 10.2. The molecule has 0 aliphatic carbocycles. The van der Waals surface area contributed by atoms with E-state index in [9.17, 15) is 5.11 Å². The molecule has 1 atom stereocenters. The summed E-state index contributed by atoms with van der Waals surface area (Å²) in [6.07, 6.45) is 2.51. The first kappa shape index (κ1) is 14.5. The quantitative estimate of drug-likeness (QED) is 0.860. The summed E-state index contributed by atoms with van der Waals surface area (Å²) in [5.41, 5.74) is 0.699. The zero-order valence-corrected chi connectivity index (χ0v) is 12.2. The largest absolute Gasteiger partial charge is 0.497 e. The Morgan fingerprint density at radius 2 is 1.71 bits per heavy atom. The lowest BCUT2D eigenvalue weighted by Gasteiger charge is -2.49. The summed E-state index contributed by atoms with van der Waals surface area (Å²) in [5.74, 6) is -0.395. The molecule has 4 rings (SSSR count). The van der Waals surface area contributed by atoms with Gasteiger partial charge in [0.1, 0.15) is 5.75 Å². The van der Waals surface area contributed by atoms with E-state index < -0.39 is 12.1 Å². The highest BCUT2D eigenvalue weighted by Gasteiger charge is 2.48. The first-order valence-electron chi connectivity index (χ1n) is 6.98. The summed E-state index contributed by atoms with van der Waals surface area (Å²) in [6.45, 7) is 3.84. The lowest BCUT2D eigenvalue weighted by molar-refractivity contribution is -0.441. The highest BCUT2D eigenvalue weighted by molar-refractivity contribution is 5.30. The lowest BCUT2D eigenvalue weighted by Crippen LogP contribution is -2.57. The van der Waals surface area contributed by atoms with Crippen LogP contribution in [0.1, 0.15) is 18.6 Å². The van der Waals surface area contributed by atoms with Crippen LogP contribution in [0.15, 0.2) is 36.4 Å². The molecule has 1 aromatic rings. The molecule has 5 heteroatoms. The Bertz CT molecular complexity index is 497. The summed E-state index contributed by atoms with van der Waals surface area (Å²) in [4.78, 5) is 0. The van der Waals surface area contributed by atoms with Crippen LogP contribution < -0.4 is 4.74 Å². The topological polar surface area (TPSA) is 57.2 Å². The van der Waals surface area contributed by atoms with Gasteiger partial charge in [0, 0.05) is 11.5 Å². The van der Waals surface area contributed by atoms with Gasteiger partial charge in [0.2, 0.25) is 0 Å². The third kappa shape index (κ3) is 2.96. The highest BCUT2D eigenvalue weighted by atomic mass is 16.9. The molecule has 3 fully saturated rings. The molecule has 0 radical (unpaired) electrons. The Labute approximate surface area is 124 Å². The van der Waals surface area contributed by atoms with Crippen molar-refractivity contribution < 1.29 is 24.1 Å². The predicted octanol–water partition coefficient (Wildman–Crippen LogP) is 2.02. The molecule has 1 N–H and O–H groups in total. The van der Waals surface area contributed by atoms with Gasteiger partial charge in [-0.1, -0.05) is 19.1 Å². The van der Waals surface area contributed by atoms with Gasteiger partial charge in [0.15, 0.2) is 0 Å². The third-order valence-electron chi connectivity index (χ3n) is 3.81. The van der Waals surface area contributed by atoms with Gasteiger partial charge in [0.05, 0.1) is 33.0 Å². The van der Waals surface area contributed by atoms with E-state index in [0.29, 0.717) is 19.8 Å². The first-order valence-corrected chi connectivity index (χ1v) is 6.98. The van der Waals surface area contributed by atoms with Crippen molar-refractivity contribution in [2.24, 2.45) is 5.41 Å². The monoisotopic (exact) mass is 292 g/mol. The van der Waals surface area contributed by atoms with Crippen molar-refractivity contribution in [1.82, 2.24) is 0 Å². The van der Waals surface area contributed by atoms with E-state index >= 15 is 0 Å². The Morgan fingerprint density at radius 3 is 2.24 bits per heavy atom. The van der Waals surface area contributed by atoms with E-state index in [2.05, 4.69) is 6.92 Å². The predicted molar refractivity (Wildman–Crippen MR) is 75.8 cm³/mol. The maximum absolute atomic E-state index is 10.2. The van der Waals surface area contributed by atoms with Gasteiger partial charge in [-0.15, -0.1) is 0 Å². The smallest absolute Gasteiger partial charge is 0.304 e.